The van der Waals surface area contributed by atoms with Crippen molar-refractivity contribution in [3.63, 3.8) is 0 Å². The van der Waals surface area contributed by atoms with Crippen molar-refractivity contribution in [1.29, 1.82) is 0 Å². The molecule has 0 aliphatic rings. The molecule has 0 aromatic rings. The van der Waals surface area contributed by atoms with Crippen LogP contribution in [0.15, 0.2) is 17.8 Å². The normalized spacial score (nSPS) is 9.33. The van der Waals surface area contributed by atoms with Gasteiger partial charge in [-0.25, -0.2) is 4.79 Å². The number of Topliss-reactive ketones (excluding diaryl/α,β-unsaturated/α-hetero) is 1. The minimum absolute atomic E-state index is 0.139. The van der Waals surface area contributed by atoms with Gasteiger partial charge in [-0.1, -0.05) is 11.7 Å². The highest BCUT2D eigenvalue weighted by Gasteiger charge is 1.93. The first-order valence-corrected chi connectivity index (χ1v) is 3.00. The molecule has 2 N–H and O–H groups in total. The number of aliphatic carboxylic acids is 1. The first-order valence-electron chi connectivity index (χ1n) is 3.00. The maximum atomic E-state index is 10.1. The zero-order valence-electron chi connectivity index (χ0n) is 6.94. The van der Waals surface area contributed by atoms with E-state index in [9.17, 15) is 9.59 Å². The molecule has 0 rings (SSSR count). The average Bonchev–Trinajstić information content (AvgIpc) is 2.04. The van der Waals surface area contributed by atoms with E-state index in [1.165, 1.54) is 13.8 Å². The van der Waals surface area contributed by atoms with Crippen molar-refractivity contribution in [2.75, 3.05) is 0 Å². The van der Waals surface area contributed by atoms with Gasteiger partial charge in [-0.2, -0.15) is 0 Å². The molecule has 0 unspecified atom stereocenters. The Hall–Kier alpha value is -1.65. The number of oxime groups is 1. The van der Waals surface area contributed by atoms with Crippen LogP contribution in [0.5, 0.6) is 0 Å². The molecular formula is C7H11NO4. The Morgan fingerprint density at radius 3 is 1.75 bits per heavy atom. The molecular weight excluding hydrogens is 162 g/mol. The average molecular weight is 173 g/mol. The molecule has 0 saturated carbocycles. The molecule has 12 heavy (non-hydrogen) atoms. The van der Waals surface area contributed by atoms with Gasteiger partial charge in [0, 0.05) is 13.0 Å². The number of carboxylic acids is 1. The van der Waals surface area contributed by atoms with E-state index in [-0.39, 0.29) is 11.5 Å². The third-order valence-corrected chi connectivity index (χ3v) is 0.834. The highest BCUT2D eigenvalue weighted by atomic mass is 16.4. The molecule has 0 aliphatic heterocycles. The number of hydrogen-bond donors (Lipinski definition) is 2. The van der Waals surface area contributed by atoms with Crippen LogP contribution in [0.2, 0.25) is 0 Å². The molecule has 0 aliphatic carbocycles. The summed E-state index contributed by atoms with van der Waals surface area (Å²) in [5.74, 6) is -1.19. The van der Waals surface area contributed by atoms with Gasteiger partial charge >= 0.3 is 5.97 Å². The summed E-state index contributed by atoms with van der Waals surface area (Å²) in [4.78, 5) is 19.3. The molecule has 0 heterocycles. The van der Waals surface area contributed by atoms with Gasteiger partial charge in [-0.3, -0.25) is 4.79 Å². The van der Waals surface area contributed by atoms with Crippen molar-refractivity contribution < 1.29 is 19.9 Å². The lowest BCUT2D eigenvalue weighted by Crippen LogP contribution is -2.02. The molecule has 5 heteroatoms. The lowest BCUT2D eigenvalue weighted by molar-refractivity contribution is -0.131. The number of rotatable bonds is 2. The fraction of sp³-hybridized carbons (Fsp3) is 0.286. The van der Waals surface area contributed by atoms with E-state index in [1.807, 2.05) is 0 Å². The van der Waals surface area contributed by atoms with Crippen LogP contribution in [0.3, 0.4) is 0 Å². The Kier molecular flexibility index (Phi) is 8.06. The molecule has 0 bridgehead atoms. The second-order valence-corrected chi connectivity index (χ2v) is 1.78. The summed E-state index contributed by atoms with van der Waals surface area (Å²) in [5.41, 5.74) is 0.139. The Balaban J connectivity index is 0. The minimum atomic E-state index is -0.981. The van der Waals surface area contributed by atoms with E-state index in [1.54, 1.807) is 0 Å². The van der Waals surface area contributed by atoms with Crippen LogP contribution in [0.4, 0.5) is 0 Å². The summed E-state index contributed by atoms with van der Waals surface area (Å²) in [7, 11) is 0. The number of hydrogen-bond acceptors (Lipinski definition) is 4. The fourth-order valence-corrected chi connectivity index (χ4v) is 0.0704. The van der Waals surface area contributed by atoms with Crippen molar-refractivity contribution in [2.45, 2.75) is 13.8 Å². The van der Waals surface area contributed by atoms with Gasteiger partial charge in [-0.15, -0.1) is 0 Å². The largest absolute Gasteiger partial charge is 0.478 e. The van der Waals surface area contributed by atoms with Crippen molar-refractivity contribution in [3.8, 4) is 0 Å². The van der Waals surface area contributed by atoms with Crippen molar-refractivity contribution in [2.24, 2.45) is 5.16 Å². The van der Waals surface area contributed by atoms with Crippen LogP contribution >= 0.6 is 0 Å². The maximum absolute atomic E-state index is 10.1. The van der Waals surface area contributed by atoms with Crippen LogP contribution in [-0.2, 0) is 9.59 Å². The van der Waals surface area contributed by atoms with Gasteiger partial charge < -0.3 is 10.3 Å². The van der Waals surface area contributed by atoms with Crippen LogP contribution in [0, 0.1) is 0 Å². The van der Waals surface area contributed by atoms with Crippen LogP contribution in [0.1, 0.15) is 13.8 Å². The highest BCUT2D eigenvalue weighted by Crippen LogP contribution is 1.73. The third kappa shape index (κ3) is 11.2. The predicted octanol–water partition coefficient (Wildman–Crippen LogP) is 0.682. The van der Waals surface area contributed by atoms with Crippen molar-refractivity contribution in [1.82, 2.24) is 0 Å². The topological polar surface area (TPSA) is 87.0 Å². The Morgan fingerprint density at radius 2 is 1.75 bits per heavy atom. The second kappa shape index (κ2) is 7.46. The Morgan fingerprint density at radius 1 is 1.42 bits per heavy atom. The van der Waals surface area contributed by atoms with Gasteiger partial charge in [0.05, 0.1) is 0 Å². The molecule has 0 amide bonds. The van der Waals surface area contributed by atoms with E-state index in [0.717, 1.165) is 6.08 Å². The van der Waals surface area contributed by atoms with Gasteiger partial charge in [0.2, 0.25) is 0 Å². The molecule has 0 fully saturated rings. The predicted molar refractivity (Wildman–Crippen MR) is 43.4 cm³/mol. The summed E-state index contributed by atoms with van der Waals surface area (Å²) < 4.78 is 0. The molecule has 0 radical (unpaired) electrons. The quantitative estimate of drug-likeness (QED) is 0.278. The summed E-state index contributed by atoms with van der Waals surface area (Å²) in [6.07, 6.45) is 0.833. The monoisotopic (exact) mass is 173 g/mol. The van der Waals surface area contributed by atoms with Crippen LogP contribution in [-0.4, -0.2) is 27.8 Å². The van der Waals surface area contributed by atoms with Crippen molar-refractivity contribution >= 4 is 17.5 Å². The second-order valence-electron chi connectivity index (χ2n) is 1.78. The first kappa shape index (κ1) is 13.0. The number of carboxylic acid groups (broad SMARTS) is 1. The molecule has 68 valence electrons. The molecule has 0 spiro atoms. The molecule has 5 nitrogen and oxygen atoms in total. The smallest absolute Gasteiger partial charge is 0.327 e. The van der Waals surface area contributed by atoms with Crippen LogP contribution < -0.4 is 0 Å². The summed E-state index contributed by atoms with van der Waals surface area (Å²) in [6, 6.07) is 0. The fourth-order valence-electron chi connectivity index (χ4n) is 0.0704. The lowest BCUT2D eigenvalue weighted by atomic mass is 10.3. The summed E-state index contributed by atoms with van der Waals surface area (Å²) in [6.45, 7) is 5.75. The standard InChI is InChI=1S/C4H7NO2.C3H4O2/c1-3(5-7)4(2)6;1-2-3(4)5/h7H,1-2H3;2H,1H2,(H,4,5). The first-order chi connectivity index (χ1) is 5.45. The summed E-state index contributed by atoms with van der Waals surface area (Å²) in [5, 5.41) is 18.1. The van der Waals surface area contributed by atoms with E-state index >= 15 is 0 Å². The van der Waals surface area contributed by atoms with E-state index in [4.69, 9.17) is 10.3 Å². The van der Waals surface area contributed by atoms with Gasteiger partial charge in [0.25, 0.3) is 0 Å². The molecule has 0 aromatic carbocycles. The maximum Gasteiger partial charge on any atom is 0.327 e. The van der Waals surface area contributed by atoms with Gasteiger partial charge in [-0.05, 0) is 6.92 Å². The number of carbonyl (C=O) groups is 2. The summed E-state index contributed by atoms with van der Waals surface area (Å²) >= 11 is 0. The lowest BCUT2D eigenvalue weighted by Gasteiger charge is -1.82. The number of carbonyl (C=O) groups excluding carboxylic acids is 1. The van der Waals surface area contributed by atoms with Crippen molar-refractivity contribution in [3.05, 3.63) is 12.7 Å². The Labute approximate surface area is 70.0 Å². The zero-order valence-corrected chi connectivity index (χ0v) is 6.94. The van der Waals surface area contributed by atoms with E-state index in [2.05, 4.69) is 11.7 Å². The zero-order chi connectivity index (χ0) is 10.1. The third-order valence-electron chi connectivity index (χ3n) is 0.834. The Bertz CT molecular complexity index is 207. The van der Waals surface area contributed by atoms with Crippen LogP contribution in [0.25, 0.3) is 0 Å². The van der Waals surface area contributed by atoms with E-state index < -0.39 is 5.97 Å². The molecule has 0 aromatic heterocycles. The highest BCUT2D eigenvalue weighted by molar-refractivity contribution is 6.37. The van der Waals surface area contributed by atoms with E-state index in [0.29, 0.717) is 0 Å². The number of ketones is 1. The molecule has 0 atom stereocenters. The van der Waals surface area contributed by atoms with Gasteiger partial charge in [0.1, 0.15) is 5.71 Å². The number of nitrogens with zero attached hydrogens (tertiary/aromatic N) is 1. The molecule has 0 saturated heterocycles. The SMILES string of the molecule is C=CC(=O)O.CC(=O)C(C)=NO. The van der Waals surface area contributed by atoms with Gasteiger partial charge in [0.15, 0.2) is 5.78 Å². The minimum Gasteiger partial charge on any atom is -0.478 e.